The van der Waals surface area contributed by atoms with Crippen LogP contribution in [0.3, 0.4) is 0 Å². The molecule has 15 heavy (non-hydrogen) atoms. The first-order valence-electron chi connectivity index (χ1n) is 6.20. The van der Waals surface area contributed by atoms with Crippen LogP contribution in [0.15, 0.2) is 0 Å². The Labute approximate surface area is 90.4 Å². The van der Waals surface area contributed by atoms with Gasteiger partial charge in [0.15, 0.2) is 0 Å². The number of hydrogen-bond donors (Lipinski definition) is 2. The van der Waals surface area contributed by atoms with E-state index in [0.29, 0.717) is 17.9 Å². The Hall–Kier alpha value is -0.120. The summed E-state index contributed by atoms with van der Waals surface area (Å²) in [5.41, 5.74) is -0.364. The quantitative estimate of drug-likeness (QED) is 0.736. The molecule has 2 N–H and O–H groups in total. The zero-order chi connectivity index (χ0) is 10.5. The molecule has 0 unspecified atom stereocenters. The normalized spacial score (nSPS) is 46.8. The number of fused-ring (bicyclic) bond motifs is 1. The Morgan fingerprint density at radius 3 is 2.87 bits per heavy atom. The van der Waals surface area contributed by atoms with Gasteiger partial charge in [0.1, 0.15) is 0 Å². The van der Waals surface area contributed by atoms with Gasteiger partial charge in [0, 0.05) is 13.0 Å². The SMILES string of the molecule is O[C@H]1C[C@@H]2OCC[C@@H]2[C@H]1CCC1(O)CC1. The van der Waals surface area contributed by atoms with Gasteiger partial charge >= 0.3 is 0 Å². The summed E-state index contributed by atoms with van der Waals surface area (Å²) < 4.78 is 5.60. The van der Waals surface area contributed by atoms with Gasteiger partial charge in [0.2, 0.25) is 0 Å². The third-order valence-electron chi connectivity index (χ3n) is 4.55. The molecule has 3 rings (SSSR count). The van der Waals surface area contributed by atoms with Crippen LogP contribution >= 0.6 is 0 Å². The molecule has 4 atom stereocenters. The smallest absolute Gasteiger partial charge is 0.0650 e. The topological polar surface area (TPSA) is 49.7 Å². The van der Waals surface area contributed by atoms with Gasteiger partial charge in [-0.15, -0.1) is 0 Å². The van der Waals surface area contributed by atoms with E-state index in [1.807, 2.05) is 0 Å². The molecule has 0 amide bonds. The van der Waals surface area contributed by atoms with Crippen molar-refractivity contribution in [2.24, 2.45) is 11.8 Å². The summed E-state index contributed by atoms with van der Waals surface area (Å²) in [6.45, 7) is 0.864. The second kappa shape index (κ2) is 3.44. The first-order chi connectivity index (χ1) is 7.18. The van der Waals surface area contributed by atoms with Gasteiger partial charge in [-0.1, -0.05) is 0 Å². The molecular weight excluding hydrogens is 192 g/mol. The lowest BCUT2D eigenvalue weighted by Crippen LogP contribution is -2.22. The van der Waals surface area contributed by atoms with E-state index in [4.69, 9.17) is 4.74 Å². The average molecular weight is 212 g/mol. The van der Waals surface area contributed by atoms with Crippen LogP contribution in [0.4, 0.5) is 0 Å². The van der Waals surface area contributed by atoms with E-state index in [9.17, 15) is 10.2 Å². The van der Waals surface area contributed by atoms with E-state index in [-0.39, 0.29) is 11.7 Å². The predicted octanol–water partition coefficient (Wildman–Crippen LogP) is 1.08. The van der Waals surface area contributed by atoms with Crippen molar-refractivity contribution < 1.29 is 14.9 Å². The average Bonchev–Trinajstić information content (AvgIpc) is 2.65. The van der Waals surface area contributed by atoms with Crippen LogP contribution in [0.25, 0.3) is 0 Å². The number of ether oxygens (including phenoxy) is 1. The lowest BCUT2D eigenvalue weighted by molar-refractivity contribution is 0.0718. The van der Waals surface area contributed by atoms with Gasteiger partial charge in [0.05, 0.1) is 17.8 Å². The fourth-order valence-corrected chi connectivity index (χ4v) is 3.33. The Balaban J connectivity index is 1.59. The Morgan fingerprint density at radius 1 is 1.33 bits per heavy atom. The Morgan fingerprint density at radius 2 is 2.13 bits per heavy atom. The van der Waals surface area contributed by atoms with Gasteiger partial charge < -0.3 is 14.9 Å². The van der Waals surface area contributed by atoms with Gasteiger partial charge in [-0.05, 0) is 43.9 Å². The second-order valence-corrected chi connectivity index (χ2v) is 5.59. The van der Waals surface area contributed by atoms with Crippen LogP contribution in [0, 0.1) is 11.8 Å². The van der Waals surface area contributed by atoms with Crippen molar-refractivity contribution in [2.75, 3.05) is 6.61 Å². The summed E-state index contributed by atoms with van der Waals surface area (Å²) in [5, 5.41) is 19.8. The predicted molar refractivity (Wildman–Crippen MR) is 55.4 cm³/mol. The molecule has 1 heterocycles. The monoisotopic (exact) mass is 212 g/mol. The van der Waals surface area contributed by atoms with E-state index >= 15 is 0 Å². The summed E-state index contributed by atoms with van der Waals surface area (Å²) in [6, 6.07) is 0. The van der Waals surface area contributed by atoms with E-state index in [0.717, 1.165) is 45.1 Å². The van der Waals surface area contributed by atoms with Gasteiger partial charge in [0.25, 0.3) is 0 Å². The molecule has 3 aliphatic rings. The maximum atomic E-state index is 9.95. The fraction of sp³-hybridized carbons (Fsp3) is 1.00. The molecule has 1 aliphatic heterocycles. The van der Waals surface area contributed by atoms with Gasteiger partial charge in [-0.3, -0.25) is 0 Å². The van der Waals surface area contributed by atoms with Crippen LogP contribution in [-0.4, -0.2) is 34.6 Å². The molecule has 0 aromatic carbocycles. The lowest BCUT2D eigenvalue weighted by atomic mass is 9.87. The molecule has 3 nitrogen and oxygen atoms in total. The van der Waals surface area contributed by atoms with Crippen molar-refractivity contribution in [3.8, 4) is 0 Å². The minimum Gasteiger partial charge on any atom is -0.393 e. The molecule has 3 heteroatoms. The minimum absolute atomic E-state index is 0.192. The van der Waals surface area contributed by atoms with E-state index < -0.39 is 0 Å². The van der Waals surface area contributed by atoms with Crippen molar-refractivity contribution in [2.45, 2.75) is 56.3 Å². The van der Waals surface area contributed by atoms with Crippen molar-refractivity contribution in [1.82, 2.24) is 0 Å². The highest BCUT2D eigenvalue weighted by atomic mass is 16.5. The van der Waals surface area contributed by atoms with Gasteiger partial charge in [-0.2, -0.15) is 0 Å². The molecule has 86 valence electrons. The largest absolute Gasteiger partial charge is 0.393 e. The first kappa shape index (κ1) is 10.1. The second-order valence-electron chi connectivity index (χ2n) is 5.59. The zero-order valence-corrected chi connectivity index (χ0v) is 9.06. The van der Waals surface area contributed by atoms with Crippen molar-refractivity contribution in [3.63, 3.8) is 0 Å². The zero-order valence-electron chi connectivity index (χ0n) is 9.06. The van der Waals surface area contributed by atoms with Crippen molar-refractivity contribution in [1.29, 1.82) is 0 Å². The summed E-state index contributed by atoms with van der Waals surface area (Å²) in [6.07, 6.45) is 5.79. The summed E-state index contributed by atoms with van der Waals surface area (Å²) in [7, 11) is 0. The summed E-state index contributed by atoms with van der Waals surface area (Å²) in [5.74, 6) is 0.935. The lowest BCUT2D eigenvalue weighted by Gasteiger charge is -2.21. The molecule has 0 bridgehead atoms. The van der Waals surface area contributed by atoms with E-state index in [1.54, 1.807) is 0 Å². The Bertz CT molecular complexity index is 249. The maximum Gasteiger partial charge on any atom is 0.0650 e. The molecule has 0 aromatic rings. The first-order valence-corrected chi connectivity index (χ1v) is 6.20. The van der Waals surface area contributed by atoms with Crippen LogP contribution in [0.2, 0.25) is 0 Å². The Kier molecular flexibility index (Phi) is 2.31. The van der Waals surface area contributed by atoms with E-state index in [2.05, 4.69) is 0 Å². The molecule has 0 radical (unpaired) electrons. The van der Waals surface area contributed by atoms with E-state index in [1.165, 1.54) is 0 Å². The van der Waals surface area contributed by atoms with Crippen LogP contribution < -0.4 is 0 Å². The molecule has 2 aliphatic carbocycles. The van der Waals surface area contributed by atoms with Gasteiger partial charge in [-0.25, -0.2) is 0 Å². The number of aliphatic hydroxyl groups is 2. The highest BCUT2D eigenvalue weighted by molar-refractivity contribution is 4.98. The molecule has 0 aromatic heterocycles. The molecule has 0 spiro atoms. The third kappa shape index (κ3) is 1.81. The minimum atomic E-state index is -0.364. The van der Waals surface area contributed by atoms with Crippen molar-refractivity contribution >= 4 is 0 Å². The molecule has 2 saturated carbocycles. The summed E-state index contributed by atoms with van der Waals surface area (Å²) >= 11 is 0. The highest BCUT2D eigenvalue weighted by Gasteiger charge is 2.47. The number of hydrogen-bond acceptors (Lipinski definition) is 3. The molecule has 3 fully saturated rings. The molecular formula is C12H20O3. The summed E-state index contributed by atoms with van der Waals surface area (Å²) in [4.78, 5) is 0. The van der Waals surface area contributed by atoms with Crippen molar-refractivity contribution in [3.05, 3.63) is 0 Å². The fourth-order valence-electron chi connectivity index (χ4n) is 3.33. The molecule has 1 saturated heterocycles. The maximum absolute atomic E-state index is 9.95. The highest BCUT2D eigenvalue weighted by Crippen LogP contribution is 2.46. The third-order valence-corrected chi connectivity index (χ3v) is 4.55. The van der Waals surface area contributed by atoms with Crippen LogP contribution in [0.5, 0.6) is 0 Å². The van der Waals surface area contributed by atoms with Crippen LogP contribution in [-0.2, 0) is 4.74 Å². The number of rotatable bonds is 3. The van der Waals surface area contributed by atoms with Crippen LogP contribution in [0.1, 0.15) is 38.5 Å². The standard InChI is InChI=1S/C12H20O3/c13-10-7-11-9(2-6-15-11)8(10)1-3-12(14)4-5-12/h8-11,13-14H,1-7H2/t8-,9-,10+,11+/m1/s1. The number of aliphatic hydroxyl groups excluding tert-OH is 1.